The molecule has 1 fully saturated rings. The Morgan fingerprint density at radius 3 is 2.39 bits per heavy atom. The summed E-state index contributed by atoms with van der Waals surface area (Å²) in [7, 11) is 0. The molecule has 1 aromatic rings. The van der Waals surface area contributed by atoms with Gasteiger partial charge >= 0.3 is 6.18 Å². The van der Waals surface area contributed by atoms with Gasteiger partial charge in [0.05, 0.1) is 12.1 Å². The number of rotatable bonds is 2. The van der Waals surface area contributed by atoms with E-state index in [1.54, 1.807) is 24.7 Å². The molecule has 1 aliphatic heterocycles. The van der Waals surface area contributed by atoms with Gasteiger partial charge in [-0.25, -0.2) is 0 Å². The van der Waals surface area contributed by atoms with Gasteiger partial charge in [-0.05, 0) is 40.7 Å². The molecule has 23 heavy (non-hydrogen) atoms. The first-order chi connectivity index (χ1) is 10.3. The molecular formula is C15H22F3N3O2. The first-order valence-corrected chi connectivity index (χ1v) is 7.46. The summed E-state index contributed by atoms with van der Waals surface area (Å²) < 4.78 is 46.8. The number of ether oxygens (including phenoxy) is 1. The zero-order chi connectivity index (χ0) is 17.6. The van der Waals surface area contributed by atoms with Crippen molar-refractivity contribution in [2.75, 3.05) is 13.1 Å². The summed E-state index contributed by atoms with van der Waals surface area (Å²) in [5.74, 6) is -0.517. The minimum absolute atomic E-state index is 0.0677. The van der Waals surface area contributed by atoms with Crippen molar-refractivity contribution in [3.05, 3.63) is 18.0 Å². The molecule has 5 nitrogen and oxygen atoms in total. The Hall–Kier alpha value is -1.57. The van der Waals surface area contributed by atoms with Gasteiger partial charge in [0, 0.05) is 18.8 Å². The molecule has 8 heteroatoms. The molecule has 0 spiro atoms. The average Bonchev–Trinajstić information content (AvgIpc) is 2.83. The van der Waals surface area contributed by atoms with Gasteiger partial charge in [0.1, 0.15) is 5.69 Å². The highest BCUT2D eigenvalue weighted by atomic mass is 19.4. The van der Waals surface area contributed by atoms with Crippen LogP contribution in [0.15, 0.2) is 12.3 Å². The maximum Gasteiger partial charge on any atom is 0.418 e. The van der Waals surface area contributed by atoms with Crippen molar-refractivity contribution >= 4 is 5.91 Å². The number of morpholine rings is 1. The third-order valence-electron chi connectivity index (χ3n) is 3.81. The number of alkyl halides is 3. The molecule has 1 aromatic heterocycles. The zero-order valence-corrected chi connectivity index (χ0v) is 13.9. The molecular weight excluding hydrogens is 311 g/mol. The lowest BCUT2D eigenvalue weighted by molar-refractivity contribution is -0.318. The number of halogens is 3. The molecule has 0 saturated carbocycles. The van der Waals surface area contributed by atoms with Crippen LogP contribution >= 0.6 is 0 Å². The number of aromatic nitrogens is 2. The second-order valence-corrected chi connectivity index (χ2v) is 7.03. The molecule has 1 aliphatic rings. The SMILES string of the molecule is CC(C)n1ccc(C(=O)N2CC(C)(C)O[C@](C)(C(F)(F)F)C2)n1. The predicted molar refractivity (Wildman–Crippen MR) is 78.1 cm³/mol. The smallest absolute Gasteiger partial charge is 0.356 e. The highest BCUT2D eigenvalue weighted by Crippen LogP contribution is 2.40. The molecule has 0 aromatic carbocycles. The van der Waals surface area contributed by atoms with Crippen molar-refractivity contribution in [1.82, 2.24) is 14.7 Å². The Kier molecular flexibility index (Phi) is 4.26. The average molecular weight is 333 g/mol. The maximum atomic E-state index is 13.3. The van der Waals surface area contributed by atoms with E-state index >= 15 is 0 Å². The van der Waals surface area contributed by atoms with Crippen LogP contribution in [-0.4, -0.2) is 51.1 Å². The summed E-state index contributed by atoms with van der Waals surface area (Å²) >= 11 is 0. The van der Waals surface area contributed by atoms with Gasteiger partial charge < -0.3 is 9.64 Å². The third-order valence-corrected chi connectivity index (χ3v) is 3.81. The number of hydrogen-bond donors (Lipinski definition) is 0. The molecule has 1 amide bonds. The molecule has 1 atom stereocenters. The lowest BCUT2D eigenvalue weighted by Gasteiger charge is -2.48. The van der Waals surface area contributed by atoms with Gasteiger partial charge in [-0.3, -0.25) is 9.48 Å². The molecule has 0 unspecified atom stereocenters. The fourth-order valence-electron chi connectivity index (χ4n) is 2.75. The van der Waals surface area contributed by atoms with Crippen LogP contribution in [0.4, 0.5) is 13.2 Å². The van der Waals surface area contributed by atoms with Crippen LogP contribution in [0.3, 0.4) is 0 Å². The van der Waals surface area contributed by atoms with Crippen molar-refractivity contribution in [2.24, 2.45) is 0 Å². The lowest BCUT2D eigenvalue weighted by Crippen LogP contribution is -2.65. The Morgan fingerprint density at radius 1 is 1.30 bits per heavy atom. The van der Waals surface area contributed by atoms with Crippen molar-refractivity contribution in [2.45, 2.75) is 58.0 Å². The molecule has 0 radical (unpaired) electrons. The first-order valence-electron chi connectivity index (χ1n) is 7.46. The van der Waals surface area contributed by atoms with Gasteiger partial charge in [0.25, 0.3) is 5.91 Å². The van der Waals surface area contributed by atoms with Crippen molar-refractivity contribution in [3.63, 3.8) is 0 Å². The Balaban J connectivity index is 2.28. The normalized spacial score (nSPS) is 25.0. The largest absolute Gasteiger partial charge is 0.418 e. The molecule has 130 valence electrons. The Bertz CT molecular complexity index is 595. The van der Waals surface area contributed by atoms with Crippen LogP contribution in [0, 0.1) is 0 Å². The van der Waals surface area contributed by atoms with E-state index in [1.807, 2.05) is 13.8 Å². The van der Waals surface area contributed by atoms with Crippen LogP contribution in [-0.2, 0) is 4.74 Å². The quantitative estimate of drug-likeness (QED) is 0.836. The fraction of sp³-hybridized carbons (Fsp3) is 0.733. The van der Waals surface area contributed by atoms with Gasteiger partial charge in [-0.1, -0.05) is 0 Å². The maximum absolute atomic E-state index is 13.3. The van der Waals surface area contributed by atoms with E-state index in [0.717, 1.165) is 6.92 Å². The van der Waals surface area contributed by atoms with E-state index in [0.29, 0.717) is 0 Å². The lowest BCUT2D eigenvalue weighted by atomic mass is 9.96. The van der Waals surface area contributed by atoms with Gasteiger partial charge in [-0.2, -0.15) is 18.3 Å². The minimum atomic E-state index is -4.57. The van der Waals surface area contributed by atoms with Crippen LogP contribution in [0.25, 0.3) is 0 Å². The number of carbonyl (C=O) groups excluding carboxylic acids is 1. The van der Waals surface area contributed by atoms with E-state index < -0.39 is 29.8 Å². The summed E-state index contributed by atoms with van der Waals surface area (Å²) in [4.78, 5) is 13.7. The number of hydrogen-bond acceptors (Lipinski definition) is 3. The highest BCUT2D eigenvalue weighted by molar-refractivity contribution is 5.92. The first kappa shape index (κ1) is 17.8. The molecule has 1 saturated heterocycles. The van der Waals surface area contributed by atoms with Gasteiger partial charge in [-0.15, -0.1) is 0 Å². The van der Waals surface area contributed by atoms with Crippen molar-refractivity contribution < 1.29 is 22.7 Å². The van der Waals surface area contributed by atoms with E-state index in [9.17, 15) is 18.0 Å². The van der Waals surface area contributed by atoms with Crippen LogP contribution in [0.1, 0.15) is 51.1 Å². The van der Waals surface area contributed by atoms with Crippen LogP contribution in [0.2, 0.25) is 0 Å². The second kappa shape index (κ2) is 5.51. The third kappa shape index (κ3) is 3.52. The van der Waals surface area contributed by atoms with Gasteiger partial charge in [0.2, 0.25) is 0 Å². The summed E-state index contributed by atoms with van der Waals surface area (Å²) in [6, 6.07) is 1.59. The highest BCUT2D eigenvalue weighted by Gasteiger charge is 2.58. The summed E-state index contributed by atoms with van der Waals surface area (Å²) in [5.41, 5.74) is -3.36. The van der Waals surface area contributed by atoms with E-state index in [1.165, 1.54) is 11.0 Å². The van der Waals surface area contributed by atoms with E-state index in [4.69, 9.17) is 4.74 Å². The number of carbonyl (C=O) groups is 1. The fourth-order valence-corrected chi connectivity index (χ4v) is 2.75. The molecule has 2 rings (SSSR count). The molecule has 0 N–H and O–H groups in total. The summed E-state index contributed by atoms with van der Waals surface area (Å²) in [6.07, 6.45) is -2.92. The Labute approximate surface area is 133 Å². The van der Waals surface area contributed by atoms with E-state index in [-0.39, 0.29) is 18.3 Å². The number of nitrogens with zero attached hydrogens (tertiary/aromatic N) is 3. The molecule has 0 bridgehead atoms. The zero-order valence-electron chi connectivity index (χ0n) is 13.9. The number of amides is 1. The summed E-state index contributed by atoms with van der Waals surface area (Å²) in [6.45, 7) is 7.40. The topological polar surface area (TPSA) is 47.4 Å². The molecule has 2 heterocycles. The molecule has 0 aliphatic carbocycles. The van der Waals surface area contributed by atoms with Crippen molar-refractivity contribution in [3.8, 4) is 0 Å². The monoisotopic (exact) mass is 333 g/mol. The van der Waals surface area contributed by atoms with Gasteiger partial charge in [0.15, 0.2) is 5.60 Å². The van der Waals surface area contributed by atoms with Crippen LogP contribution in [0.5, 0.6) is 0 Å². The van der Waals surface area contributed by atoms with E-state index in [2.05, 4.69) is 5.10 Å². The van der Waals surface area contributed by atoms with Crippen molar-refractivity contribution in [1.29, 1.82) is 0 Å². The second-order valence-electron chi connectivity index (χ2n) is 7.03. The van der Waals surface area contributed by atoms with Crippen LogP contribution < -0.4 is 0 Å². The summed E-state index contributed by atoms with van der Waals surface area (Å²) in [5, 5.41) is 4.15. The Morgan fingerprint density at radius 2 is 1.91 bits per heavy atom. The minimum Gasteiger partial charge on any atom is -0.356 e. The standard InChI is InChI=1S/C15H22F3N3O2/c1-10(2)21-7-6-11(19-21)12(22)20-8-13(3,4)23-14(5,9-20)15(16,17)18/h6-7,10H,8-9H2,1-5H3/t14-/m0/s1. The predicted octanol–water partition coefficient (Wildman–Crippen LogP) is 3.04.